The fraction of sp³-hybridized carbons (Fsp3) is 0.345. The minimum atomic E-state index is -0.722. The monoisotopic (exact) mass is 535 g/mol. The second kappa shape index (κ2) is 12.1. The van der Waals surface area contributed by atoms with E-state index in [1.165, 1.54) is 24.6 Å². The van der Waals surface area contributed by atoms with Crippen molar-refractivity contribution in [2.45, 2.75) is 33.7 Å². The quantitative estimate of drug-likeness (QED) is 0.369. The van der Waals surface area contributed by atoms with Gasteiger partial charge >= 0.3 is 5.97 Å². The molecule has 1 atom stereocenters. The van der Waals surface area contributed by atoms with Crippen LogP contribution in [0.15, 0.2) is 64.0 Å². The number of benzene rings is 2. The largest absolute Gasteiger partial charge is 0.490 e. The fourth-order valence-corrected chi connectivity index (χ4v) is 5.48. The van der Waals surface area contributed by atoms with Crippen molar-refractivity contribution >= 4 is 29.1 Å². The molecule has 0 saturated carbocycles. The average molecular weight is 536 g/mol. The van der Waals surface area contributed by atoms with Gasteiger partial charge in [0, 0.05) is 25.0 Å². The standard InChI is InChI=1S/C29H33N3O5S/c1-6-31(7-2)21-13-10-19(11-14-21)16-25-27(33)32-26(22(28(34)35-5)18-30-29(32)38-25)20-12-15-23(36-8-3)24(17-20)37-9-4/h10-18,26H,6-9H2,1-5H3/b25-16-/t26-/m1/s1. The van der Waals surface area contributed by atoms with Crippen LogP contribution in [-0.4, -0.2) is 43.9 Å². The Balaban J connectivity index is 1.83. The Kier molecular flexibility index (Phi) is 8.68. The molecule has 0 fully saturated rings. The van der Waals surface area contributed by atoms with Gasteiger partial charge in [-0.2, -0.15) is 0 Å². The van der Waals surface area contributed by atoms with Gasteiger partial charge in [0.25, 0.3) is 5.56 Å². The van der Waals surface area contributed by atoms with Crippen molar-refractivity contribution in [3.05, 3.63) is 85.1 Å². The lowest BCUT2D eigenvalue weighted by Gasteiger charge is -2.23. The Morgan fingerprint density at radius 2 is 1.71 bits per heavy atom. The molecular formula is C29H33N3O5S. The number of aromatic nitrogens is 1. The highest BCUT2D eigenvalue weighted by Crippen LogP contribution is 2.35. The van der Waals surface area contributed by atoms with Gasteiger partial charge in [-0.05, 0) is 69.2 Å². The molecule has 1 aromatic heterocycles. The molecule has 0 unspecified atom stereocenters. The van der Waals surface area contributed by atoms with Crippen LogP contribution in [0.4, 0.5) is 5.69 Å². The van der Waals surface area contributed by atoms with E-state index < -0.39 is 12.0 Å². The Hall–Kier alpha value is -3.85. The number of methoxy groups -OCH3 is 1. The number of anilines is 1. The maximum atomic E-state index is 13.7. The molecule has 1 aliphatic heterocycles. The number of esters is 1. The molecule has 0 amide bonds. The lowest BCUT2D eigenvalue weighted by atomic mass is 9.97. The minimum Gasteiger partial charge on any atom is -0.490 e. The van der Waals surface area contributed by atoms with E-state index in [1.54, 1.807) is 10.6 Å². The van der Waals surface area contributed by atoms with Crippen LogP contribution in [0, 0.1) is 0 Å². The molecule has 0 spiro atoms. The van der Waals surface area contributed by atoms with Gasteiger partial charge in [-0.1, -0.05) is 29.5 Å². The van der Waals surface area contributed by atoms with Crippen molar-refractivity contribution in [2.24, 2.45) is 4.99 Å². The van der Waals surface area contributed by atoms with Crippen molar-refractivity contribution in [3.63, 3.8) is 0 Å². The molecule has 2 aromatic carbocycles. The Labute approximate surface area is 226 Å². The van der Waals surface area contributed by atoms with Gasteiger partial charge in [0.2, 0.25) is 0 Å². The number of carbonyl (C=O) groups is 1. The molecule has 200 valence electrons. The van der Waals surface area contributed by atoms with Gasteiger partial charge in [0.15, 0.2) is 16.3 Å². The molecule has 4 rings (SSSR count). The SMILES string of the molecule is CCOc1ccc([C@@H]2C(C(=O)OC)=CN=c3s/c(=C\c4ccc(N(CC)CC)cc4)c(=O)n32)cc1OCC. The lowest BCUT2D eigenvalue weighted by molar-refractivity contribution is -0.136. The molecule has 2 heterocycles. The second-order valence-corrected chi connectivity index (χ2v) is 9.52. The van der Waals surface area contributed by atoms with Crippen molar-refractivity contribution in [2.75, 3.05) is 38.3 Å². The van der Waals surface area contributed by atoms with E-state index in [4.69, 9.17) is 14.2 Å². The molecule has 0 aliphatic carbocycles. The Bertz CT molecular complexity index is 1500. The number of rotatable bonds is 10. The number of fused-ring (bicyclic) bond motifs is 1. The second-order valence-electron chi connectivity index (χ2n) is 8.51. The summed E-state index contributed by atoms with van der Waals surface area (Å²) in [4.78, 5) is 33.7. The van der Waals surface area contributed by atoms with Crippen LogP contribution in [-0.2, 0) is 9.53 Å². The number of hydrogen-bond acceptors (Lipinski definition) is 8. The first-order valence-corrected chi connectivity index (χ1v) is 13.6. The van der Waals surface area contributed by atoms with Crippen LogP contribution in [0.3, 0.4) is 0 Å². The molecule has 38 heavy (non-hydrogen) atoms. The maximum Gasteiger partial charge on any atom is 0.337 e. The van der Waals surface area contributed by atoms with E-state index in [0.717, 1.165) is 24.3 Å². The third-order valence-corrected chi connectivity index (χ3v) is 7.32. The highest BCUT2D eigenvalue weighted by Gasteiger charge is 2.31. The van der Waals surface area contributed by atoms with E-state index in [1.807, 2.05) is 44.2 Å². The summed E-state index contributed by atoms with van der Waals surface area (Å²) in [5.41, 5.74) is 2.78. The third-order valence-electron chi connectivity index (χ3n) is 6.33. The molecular weight excluding hydrogens is 502 g/mol. The Morgan fingerprint density at radius 1 is 1.03 bits per heavy atom. The fourth-order valence-electron chi connectivity index (χ4n) is 4.51. The molecule has 0 N–H and O–H groups in total. The van der Waals surface area contributed by atoms with E-state index in [9.17, 15) is 9.59 Å². The number of ether oxygens (including phenoxy) is 3. The summed E-state index contributed by atoms with van der Waals surface area (Å²) < 4.78 is 18.6. The van der Waals surface area contributed by atoms with Crippen LogP contribution in [0.25, 0.3) is 6.08 Å². The summed E-state index contributed by atoms with van der Waals surface area (Å²) in [6, 6.07) is 12.8. The van der Waals surface area contributed by atoms with Gasteiger partial charge in [0.1, 0.15) is 0 Å². The van der Waals surface area contributed by atoms with Gasteiger partial charge in [0.05, 0.1) is 36.5 Å². The molecule has 0 saturated heterocycles. The average Bonchev–Trinajstić information content (AvgIpc) is 3.25. The highest BCUT2D eigenvalue weighted by molar-refractivity contribution is 7.07. The highest BCUT2D eigenvalue weighted by atomic mass is 32.1. The van der Waals surface area contributed by atoms with E-state index >= 15 is 0 Å². The lowest BCUT2D eigenvalue weighted by Crippen LogP contribution is -2.39. The topological polar surface area (TPSA) is 82.4 Å². The van der Waals surface area contributed by atoms with Crippen LogP contribution in [0.2, 0.25) is 0 Å². The first-order valence-electron chi connectivity index (χ1n) is 12.8. The Morgan fingerprint density at radius 3 is 2.34 bits per heavy atom. The number of nitrogens with zero attached hydrogens (tertiary/aromatic N) is 3. The molecule has 9 heteroatoms. The number of hydrogen-bond donors (Lipinski definition) is 0. The van der Waals surface area contributed by atoms with Crippen LogP contribution in [0.1, 0.15) is 44.9 Å². The van der Waals surface area contributed by atoms with E-state index in [0.29, 0.717) is 39.6 Å². The third kappa shape index (κ3) is 5.38. The summed E-state index contributed by atoms with van der Waals surface area (Å²) >= 11 is 1.29. The van der Waals surface area contributed by atoms with Crippen molar-refractivity contribution in [3.8, 4) is 11.5 Å². The summed E-state index contributed by atoms with van der Waals surface area (Å²) in [5, 5.41) is 0. The first kappa shape index (κ1) is 27.2. The number of carbonyl (C=O) groups excluding carboxylic acids is 1. The van der Waals surface area contributed by atoms with Crippen LogP contribution in [0.5, 0.6) is 11.5 Å². The zero-order valence-electron chi connectivity index (χ0n) is 22.4. The summed E-state index contributed by atoms with van der Waals surface area (Å²) in [6.45, 7) is 10.8. The summed E-state index contributed by atoms with van der Waals surface area (Å²) in [5.74, 6) is 0.595. The zero-order chi connectivity index (χ0) is 27.2. The van der Waals surface area contributed by atoms with Crippen LogP contribution < -0.4 is 29.3 Å². The molecule has 0 radical (unpaired) electrons. The number of thiazole rings is 1. The summed E-state index contributed by atoms with van der Waals surface area (Å²) in [7, 11) is 1.32. The minimum absolute atomic E-state index is 0.229. The van der Waals surface area contributed by atoms with Gasteiger partial charge in [-0.25, -0.2) is 9.79 Å². The van der Waals surface area contributed by atoms with Gasteiger partial charge in [-0.3, -0.25) is 9.36 Å². The van der Waals surface area contributed by atoms with Crippen LogP contribution >= 0.6 is 11.3 Å². The molecule has 3 aromatic rings. The normalized spacial score (nSPS) is 14.8. The van der Waals surface area contributed by atoms with Gasteiger partial charge < -0.3 is 19.1 Å². The predicted octanol–water partition coefficient (Wildman–Crippen LogP) is 3.66. The first-order chi connectivity index (χ1) is 18.4. The van der Waals surface area contributed by atoms with Crippen molar-refractivity contribution in [1.82, 2.24) is 4.57 Å². The van der Waals surface area contributed by atoms with Gasteiger partial charge in [-0.15, -0.1) is 0 Å². The molecule has 1 aliphatic rings. The van der Waals surface area contributed by atoms with Crippen molar-refractivity contribution < 1.29 is 19.0 Å². The van der Waals surface area contributed by atoms with Crippen molar-refractivity contribution in [1.29, 1.82) is 0 Å². The predicted molar refractivity (Wildman–Crippen MR) is 150 cm³/mol. The maximum absolute atomic E-state index is 13.7. The zero-order valence-corrected chi connectivity index (χ0v) is 23.2. The molecule has 0 bridgehead atoms. The molecule has 8 nitrogen and oxygen atoms in total. The smallest absolute Gasteiger partial charge is 0.337 e. The van der Waals surface area contributed by atoms with E-state index in [-0.39, 0.29) is 11.1 Å². The summed E-state index contributed by atoms with van der Waals surface area (Å²) in [6.07, 6.45) is 3.35. The van der Waals surface area contributed by atoms with E-state index in [2.05, 4.69) is 35.9 Å².